The number of ether oxygens (including phenoxy) is 4. The first-order valence-corrected chi connectivity index (χ1v) is 17.3. The molecule has 4 aromatic carbocycles. The van der Waals surface area contributed by atoms with Crippen molar-refractivity contribution in [2.45, 2.75) is 38.9 Å². The Labute approximate surface area is 304 Å². The minimum Gasteiger partial charge on any atom is -0.491 e. The van der Waals surface area contributed by atoms with Crippen LogP contribution in [0.5, 0.6) is 11.5 Å². The van der Waals surface area contributed by atoms with Gasteiger partial charge < -0.3 is 23.8 Å². The molecule has 0 spiro atoms. The van der Waals surface area contributed by atoms with Crippen molar-refractivity contribution in [1.82, 2.24) is 0 Å². The number of hydrogen-bond acceptors (Lipinski definition) is 8. The highest BCUT2D eigenvalue weighted by Gasteiger charge is 2.27. The van der Waals surface area contributed by atoms with E-state index in [1.807, 2.05) is 115 Å². The van der Waals surface area contributed by atoms with Crippen LogP contribution in [-0.2, 0) is 9.47 Å². The second kappa shape index (κ2) is 15.5. The molecule has 2 fully saturated rings. The fourth-order valence-electron chi connectivity index (χ4n) is 6.06. The normalized spacial score (nSPS) is 19.7. The van der Waals surface area contributed by atoms with Crippen molar-refractivity contribution in [1.29, 1.82) is 5.26 Å². The van der Waals surface area contributed by atoms with Gasteiger partial charge in [0.05, 0.1) is 37.2 Å². The van der Waals surface area contributed by atoms with E-state index in [2.05, 4.69) is 39.9 Å². The largest absolute Gasteiger partial charge is 0.491 e. The van der Waals surface area contributed by atoms with Crippen molar-refractivity contribution in [3.8, 4) is 17.6 Å². The van der Waals surface area contributed by atoms with Gasteiger partial charge in [-0.3, -0.25) is 0 Å². The SMILES string of the molecule is [C-]#[N+]/C(C#N)=C1C=C(/C=C/c2ccc(N=Nc3ccc(N(c4ccc(OCC5CO5)cc4)c4ccc(OCC5CO5)cc4)cc3)cc2)CC(C)(C)C\1. The van der Waals surface area contributed by atoms with Crippen molar-refractivity contribution in [2.75, 3.05) is 31.3 Å². The van der Waals surface area contributed by atoms with Gasteiger partial charge in [-0.2, -0.15) is 10.2 Å². The van der Waals surface area contributed by atoms with Crippen molar-refractivity contribution in [3.05, 3.63) is 143 Å². The standard InChI is InChI=1S/C43H39N5O4/c1-43(2)23-31(22-32(24-43)42(25-44)45-3)5-4-30-6-8-33(9-7-30)46-47-34-10-12-35(13-11-34)48(36-14-18-38(19-15-36)49-26-40-28-51-40)37-16-20-39(21-17-37)50-27-41-29-52-41/h4-22,40-41H,23-24,26-29H2,1-2H3/b5-4+,42-32+,47-46?. The van der Waals surface area contributed by atoms with Crippen molar-refractivity contribution in [2.24, 2.45) is 15.6 Å². The molecule has 1 aliphatic carbocycles. The van der Waals surface area contributed by atoms with E-state index < -0.39 is 0 Å². The van der Waals surface area contributed by atoms with Gasteiger partial charge in [-0.05, 0) is 120 Å². The molecule has 52 heavy (non-hydrogen) atoms. The highest BCUT2D eigenvalue weighted by atomic mass is 16.6. The van der Waals surface area contributed by atoms with Gasteiger partial charge in [0.1, 0.15) is 36.9 Å². The molecule has 0 saturated carbocycles. The summed E-state index contributed by atoms with van der Waals surface area (Å²) in [7, 11) is 0. The molecule has 9 heteroatoms. The molecule has 0 aromatic heterocycles. The molecule has 2 aliphatic heterocycles. The topological polar surface area (TPSA) is 99.6 Å². The molecule has 0 radical (unpaired) electrons. The number of benzene rings is 4. The van der Waals surface area contributed by atoms with Crippen molar-refractivity contribution >= 4 is 34.5 Å². The lowest BCUT2D eigenvalue weighted by atomic mass is 9.74. The fourth-order valence-corrected chi connectivity index (χ4v) is 6.06. The summed E-state index contributed by atoms with van der Waals surface area (Å²) in [5, 5.41) is 18.4. The zero-order valence-corrected chi connectivity index (χ0v) is 29.2. The summed E-state index contributed by atoms with van der Waals surface area (Å²) in [6.45, 7) is 14.3. The average molecular weight is 690 g/mol. The third-order valence-corrected chi connectivity index (χ3v) is 8.87. The minimum absolute atomic E-state index is 0.0182. The third kappa shape index (κ3) is 9.21. The number of rotatable bonds is 13. The summed E-state index contributed by atoms with van der Waals surface area (Å²) in [5.74, 6) is 1.60. The molecule has 9 nitrogen and oxygen atoms in total. The molecule has 2 unspecified atom stereocenters. The number of nitriles is 1. The fraction of sp³-hybridized carbons (Fsp3) is 0.256. The zero-order valence-electron chi connectivity index (χ0n) is 29.2. The Morgan fingerprint density at radius 2 is 1.27 bits per heavy atom. The number of anilines is 3. The van der Waals surface area contributed by atoms with Crippen LogP contribution in [0.25, 0.3) is 10.9 Å². The lowest BCUT2D eigenvalue weighted by molar-refractivity contribution is 0.263. The first-order chi connectivity index (χ1) is 25.3. The van der Waals surface area contributed by atoms with Gasteiger partial charge in [0, 0.05) is 17.1 Å². The highest BCUT2D eigenvalue weighted by molar-refractivity contribution is 5.77. The van der Waals surface area contributed by atoms with Crippen LogP contribution in [0.3, 0.4) is 0 Å². The predicted octanol–water partition coefficient (Wildman–Crippen LogP) is 10.6. The smallest absolute Gasteiger partial charge is 0.265 e. The molecule has 0 N–H and O–H groups in total. The lowest BCUT2D eigenvalue weighted by Gasteiger charge is -2.30. The molecule has 0 amide bonds. The monoisotopic (exact) mass is 689 g/mol. The van der Waals surface area contributed by atoms with Gasteiger partial charge >= 0.3 is 0 Å². The van der Waals surface area contributed by atoms with Crippen LogP contribution in [0.4, 0.5) is 28.4 Å². The summed E-state index contributed by atoms with van der Waals surface area (Å²) < 4.78 is 22.3. The van der Waals surface area contributed by atoms with Gasteiger partial charge in [0.2, 0.25) is 0 Å². The molecule has 260 valence electrons. The Hall–Kier alpha value is -6.00. The maximum absolute atomic E-state index is 9.38. The van der Waals surface area contributed by atoms with E-state index in [9.17, 15) is 5.26 Å². The first kappa shape index (κ1) is 34.4. The molecular formula is C43H39N5O4. The maximum atomic E-state index is 9.38. The molecular weight excluding hydrogens is 651 g/mol. The van der Waals surface area contributed by atoms with E-state index in [0.29, 0.717) is 13.2 Å². The van der Waals surface area contributed by atoms with Crippen molar-refractivity contribution < 1.29 is 18.9 Å². The van der Waals surface area contributed by atoms with Gasteiger partial charge in [-0.15, -0.1) is 0 Å². The Kier molecular flexibility index (Phi) is 10.3. The molecule has 2 saturated heterocycles. The third-order valence-electron chi connectivity index (χ3n) is 8.87. The Bertz CT molecular complexity index is 2000. The number of epoxide rings is 2. The van der Waals surface area contributed by atoms with Gasteiger partial charge in [-0.25, -0.2) is 10.1 Å². The highest BCUT2D eigenvalue weighted by Crippen LogP contribution is 2.40. The van der Waals surface area contributed by atoms with E-state index in [1.165, 1.54) is 0 Å². The molecule has 2 atom stereocenters. The lowest BCUT2D eigenvalue weighted by Crippen LogP contribution is -2.17. The molecule has 3 aliphatic rings. The summed E-state index contributed by atoms with van der Waals surface area (Å²) in [5.41, 5.74) is 7.49. The number of azo groups is 1. The van der Waals surface area contributed by atoms with E-state index >= 15 is 0 Å². The quantitative estimate of drug-likeness (QED) is 0.0599. The molecule has 2 heterocycles. The van der Waals surface area contributed by atoms with Gasteiger partial charge in [0.25, 0.3) is 5.70 Å². The molecule has 4 aromatic rings. The van der Waals surface area contributed by atoms with E-state index in [1.54, 1.807) is 0 Å². The predicted molar refractivity (Wildman–Crippen MR) is 202 cm³/mol. The van der Waals surface area contributed by atoms with Gasteiger partial charge in [-0.1, -0.05) is 44.2 Å². The second-order valence-electron chi connectivity index (χ2n) is 13.8. The van der Waals surface area contributed by atoms with Crippen LogP contribution in [0.15, 0.2) is 136 Å². The van der Waals surface area contributed by atoms with E-state index in [4.69, 9.17) is 25.5 Å². The second-order valence-corrected chi connectivity index (χ2v) is 13.8. The summed E-state index contributed by atoms with van der Waals surface area (Å²) in [6, 6.07) is 34.0. The van der Waals surface area contributed by atoms with Crippen LogP contribution in [-0.4, -0.2) is 38.6 Å². The molecule has 7 rings (SSSR count). The summed E-state index contributed by atoms with van der Waals surface area (Å²) in [4.78, 5) is 5.60. The van der Waals surface area contributed by atoms with Crippen LogP contribution < -0.4 is 14.4 Å². The van der Waals surface area contributed by atoms with Gasteiger partial charge in [0.15, 0.2) is 0 Å². The summed E-state index contributed by atoms with van der Waals surface area (Å²) in [6.07, 6.45) is 8.10. The van der Waals surface area contributed by atoms with Crippen LogP contribution in [0, 0.1) is 23.3 Å². The Morgan fingerprint density at radius 3 is 1.73 bits per heavy atom. The first-order valence-electron chi connectivity index (χ1n) is 17.3. The average Bonchev–Trinajstić information content (AvgIpc) is 4.10. The number of nitrogens with zero attached hydrogens (tertiary/aromatic N) is 5. The Morgan fingerprint density at radius 1 is 0.788 bits per heavy atom. The van der Waals surface area contributed by atoms with Crippen LogP contribution in [0.2, 0.25) is 0 Å². The molecule has 0 bridgehead atoms. The van der Waals surface area contributed by atoms with Crippen molar-refractivity contribution in [3.63, 3.8) is 0 Å². The van der Waals surface area contributed by atoms with Crippen LogP contribution >= 0.6 is 0 Å². The number of hydrogen-bond donors (Lipinski definition) is 0. The maximum Gasteiger partial charge on any atom is 0.265 e. The Balaban J connectivity index is 1.04. The minimum atomic E-state index is -0.0182. The van der Waals surface area contributed by atoms with E-state index in [-0.39, 0.29) is 23.3 Å². The number of allylic oxidation sites excluding steroid dienone is 5. The van der Waals surface area contributed by atoms with Crippen LogP contribution in [0.1, 0.15) is 32.3 Å². The summed E-state index contributed by atoms with van der Waals surface area (Å²) >= 11 is 0. The van der Waals surface area contributed by atoms with E-state index in [0.717, 1.165) is 82.7 Å². The zero-order chi connectivity index (χ0) is 35.9.